The molecule has 0 N–H and O–H groups in total. The van der Waals surface area contributed by atoms with Gasteiger partial charge in [0.15, 0.2) is 0 Å². The maximum absolute atomic E-state index is 5.83. The fourth-order valence-electron chi connectivity index (χ4n) is 2.85. The van der Waals surface area contributed by atoms with E-state index in [1.165, 1.54) is 18.0 Å². The lowest BCUT2D eigenvalue weighted by Gasteiger charge is -2.29. The van der Waals surface area contributed by atoms with Crippen LogP contribution in [0.3, 0.4) is 0 Å². The van der Waals surface area contributed by atoms with E-state index in [1.54, 1.807) is 11.3 Å². The summed E-state index contributed by atoms with van der Waals surface area (Å²) >= 11 is 7.59. The minimum absolute atomic E-state index is 0.483. The molecule has 0 aromatic carbocycles. The number of hydrogen-bond acceptors (Lipinski definition) is 3. The summed E-state index contributed by atoms with van der Waals surface area (Å²) in [6, 6.07) is 1.16. The van der Waals surface area contributed by atoms with Crippen molar-refractivity contribution >= 4 is 22.9 Å². The molecule has 0 bridgehead atoms. The van der Waals surface area contributed by atoms with Crippen LogP contribution in [0.15, 0.2) is 5.38 Å². The van der Waals surface area contributed by atoms with Gasteiger partial charge in [0.05, 0.1) is 17.6 Å². The number of halogens is 1. The second kappa shape index (κ2) is 5.68. The molecule has 1 aliphatic rings. The summed E-state index contributed by atoms with van der Waals surface area (Å²) in [6.45, 7) is 8.13. The average Bonchev–Trinajstić information content (AvgIpc) is 2.88. The minimum Gasteiger partial charge on any atom is -0.291 e. The Morgan fingerprint density at radius 2 is 2.35 bits per heavy atom. The van der Waals surface area contributed by atoms with Gasteiger partial charge >= 0.3 is 0 Å². The van der Waals surface area contributed by atoms with Crippen LogP contribution in [0.4, 0.5) is 0 Å². The molecule has 1 aliphatic heterocycles. The summed E-state index contributed by atoms with van der Waals surface area (Å²) in [5.74, 6) is 1.34. The number of rotatable bonds is 4. The number of alkyl halides is 1. The van der Waals surface area contributed by atoms with E-state index in [0.29, 0.717) is 18.0 Å². The van der Waals surface area contributed by atoms with Crippen molar-refractivity contribution in [3.05, 3.63) is 16.1 Å². The lowest BCUT2D eigenvalue weighted by molar-refractivity contribution is 0.182. The van der Waals surface area contributed by atoms with E-state index in [9.17, 15) is 0 Å². The Bertz CT molecular complexity index is 366. The van der Waals surface area contributed by atoms with Crippen LogP contribution in [-0.2, 0) is 5.88 Å². The van der Waals surface area contributed by atoms with Crippen LogP contribution in [0.2, 0.25) is 0 Å². The molecule has 2 rings (SSSR count). The van der Waals surface area contributed by atoms with Gasteiger partial charge in [-0.2, -0.15) is 0 Å². The summed E-state index contributed by atoms with van der Waals surface area (Å²) in [5, 5.41) is 3.33. The Kier molecular flexibility index (Phi) is 4.45. The Labute approximate surface area is 113 Å². The highest BCUT2D eigenvalue weighted by atomic mass is 35.5. The molecule has 3 unspecified atom stereocenters. The molecule has 0 aliphatic carbocycles. The molecule has 0 radical (unpaired) electrons. The predicted octanol–water partition coefficient (Wildman–Crippen LogP) is 4.06. The third-order valence-corrected chi connectivity index (χ3v) is 4.88. The van der Waals surface area contributed by atoms with Crippen molar-refractivity contribution in [2.24, 2.45) is 5.92 Å². The van der Waals surface area contributed by atoms with Gasteiger partial charge in [0, 0.05) is 18.0 Å². The van der Waals surface area contributed by atoms with Gasteiger partial charge in [-0.05, 0) is 25.7 Å². The van der Waals surface area contributed by atoms with Gasteiger partial charge in [-0.3, -0.25) is 4.90 Å². The zero-order valence-electron chi connectivity index (χ0n) is 10.8. The molecule has 1 aromatic heterocycles. The van der Waals surface area contributed by atoms with Crippen LogP contribution in [0.1, 0.15) is 50.4 Å². The van der Waals surface area contributed by atoms with Crippen molar-refractivity contribution in [2.75, 3.05) is 6.54 Å². The summed E-state index contributed by atoms with van der Waals surface area (Å²) < 4.78 is 0. The molecule has 17 heavy (non-hydrogen) atoms. The second-order valence-electron chi connectivity index (χ2n) is 5.12. The monoisotopic (exact) mass is 272 g/mol. The van der Waals surface area contributed by atoms with Crippen molar-refractivity contribution in [3.63, 3.8) is 0 Å². The Hall–Kier alpha value is -0.120. The van der Waals surface area contributed by atoms with E-state index in [2.05, 4.69) is 36.0 Å². The van der Waals surface area contributed by atoms with Crippen molar-refractivity contribution in [2.45, 2.75) is 51.6 Å². The van der Waals surface area contributed by atoms with Crippen LogP contribution in [0.25, 0.3) is 0 Å². The molecule has 0 spiro atoms. The first-order chi connectivity index (χ1) is 8.15. The fraction of sp³-hybridized carbons (Fsp3) is 0.769. The summed E-state index contributed by atoms with van der Waals surface area (Å²) in [5.41, 5.74) is 1.02. The molecule has 2 nitrogen and oxygen atoms in total. The summed E-state index contributed by atoms with van der Waals surface area (Å²) in [6.07, 6.45) is 2.44. The smallest absolute Gasteiger partial charge is 0.110 e. The Morgan fingerprint density at radius 1 is 1.59 bits per heavy atom. The van der Waals surface area contributed by atoms with Crippen LogP contribution < -0.4 is 0 Å². The van der Waals surface area contributed by atoms with Gasteiger partial charge in [0.25, 0.3) is 0 Å². The first kappa shape index (κ1) is 13.3. The highest BCUT2D eigenvalue weighted by Crippen LogP contribution is 2.35. The predicted molar refractivity (Wildman–Crippen MR) is 74.7 cm³/mol. The maximum Gasteiger partial charge on any atom is 0.110 e. The lowest BCUT2D eigenvalue weighted by atomic mass is 10.1. The van der Waals surface area contributed by atoms with Crippen molar-refractivity contribution in [1.29, 1.82) is 0 Å². The van der Waals surface area contributed by atoms with Gasteiger partial charge in [-0.15, -0.1) is 22.9 Å². The molecule has 1 fully saturated rings. The van der Waals surface area contributed by atoms with Crippen LogP contribution >= 0.6 is 22.9 Å². The Morgan fingerprint density at radius 3 is 2.82 bits per heavy atom. The summed E-state index contributed by atoms with van der Waals surface area (Å²) in [4.78, 5) is 7.26. The molecule has 3 atom stereocenters. The number of likely N-dealkylation sites (tertiary alicyclic amines) is 1. The standard InChI is InChI=1S/C13H21ClN2S/c1-4-12(13-15-11(6-14)8-17-13)16-7-9(2)5-10(16)3/h8-10,12H,4-7H2,1-3H3. The largest absolute Gasteiger partial charge is 0.291 e. The van der Waals surface area contributed by atoms with E-state index >= 15 is 0 Å². The van der Waals surface area contributed by atoms with Crippen LogP contribution in [-0.4, -0.2) is 22.5 Å². The molecular formula is C13H21ClN2S. The van der Waals surface area contributed by atoms with Gasteiger partial charge in [-0.1, -0.05) is 13.8 Å². The molecule has 0 amide bonds. The number of aromatic nitrogens is 1. The van der Waals surface area contributed by atoms with E-state index in [1.807, 2.05) is 0 Å². The highest BCUT2D eigenvalue weighted by Gasteiger charge is 2.32. The second-order valence-corrected chi connectivity index (χ2v) is 6.28. The maximum atomic E-state index is 5.83. The van der Waals surface area contributed by atoms with E-state index in [-0.39, 0.29) is 0 Å². The minimum atomic E-state index is 0.483. The molecule has 1 aromatic rings. The third-order valence-electron chi connectivity index (χ3n) is 3.61. The Balaban J connectivity index is 2.15. The van der Waals surface area contributed by atoms with Crippen molar-refractivity contribution < 1.29 is 0 Å². The molecule has 0 saturated carbocycles. The van der Waals surface area contributed by atoms with Crippen LogP contribution in [0.5, 0.6) is 0 Å². The first-order valence-electron chi connectivity index (χ1n) is 6.41. The zero-order chi connectivity index (χ0) is 12.4. The van der Waals surface area contributed by atoms with E-state index < -0.39 is 0 Å². The molecule has 1 saturated heterocycles. The quantitative estimate of drug-likeness (QED) is 0.769. The van der Waals surface area contributed by atoms with E-state index in [0.717, 1.165) is 18.0 Å². The lowest BCUT2D eigenvalue weighted by Crippen LogP contribution is -2.31. The average molecular weight is 273 g/mol. The number of nitrogens with zero attached hydrogens (tertiary/aromatic N) is 2. The van der Waals surface area contributed by atoms with Gasteiger partial charge in [0.1, 0.15) is 5.01 Å². The molecule has 96 valence electrons. The van der Waals surface area contributed by atoms with Crippen molar-refractivity contribution in [1.82, 2.24) is 9.88 Å². The topological polar surface area (TPSA) is 16.1 Å². The normalized spacial score (nSPS) is 27.5. The number of thiazole rings is 1. The van der Waals surface area contributed by atoms with Gasteiger partial charge in [0.2, 0.25) is 0 Å². The molecule has 4 heteroatoms. The molecular weight excluding hydrogens is 252 g/mol. The van der Waals surface area contributed by atoms with Crippen LogP contribution in [0, 0.1) is 5.92 Å². The highest BCUT2D eigenvalue weighted by molar-refractivity contribution is 7.09. The zero-order valence-corrected chi connectivity index (χ0v) is 12.4. The van der Waals surface area contributed by atoms with Crippen molar-refractivity contribution in [3.8, 4) is 0 Å². The van der Waals surface area contributed by atoms with Gasteiger partial charge in [-0.25, -0.2) is 4.98 Å². The first-order valence-corrected chi connectivity index (χ1v) is 7.83. The van der Waals surface area contributed by atoms with Gasteiger partial charge < -0.3 is 0 Å². The fourth-order valence-corrected chi connectivity index (χ4v) is 4.10. The molecule has 2 heterocycles. The SMILES string of the molecule is CCC(c1nc(CCl)cs1)N1CC(C)CC1C. The van der Waals surface area contributed by atoms with E-state index in [4.69, 9.17) is 11.6 Å². The third kappa shape index (κ3) is 2.83. The number of hydrogen-bond donors (Lipinski definition) is 0. The summed E-state index contributed by atoms with van der Waals surface area (Å²) in [7, 11) is 0.